The molecule has 1 aromatic carbocycles. The van der Waals surface area contributed by atoms with Crippen molar-refractivity contribution in [3.63, 3.8) is 0 Å². The van der Waals surface area contributed by atoms with Gasteiger partial charge >= 0.3 is 0 Å². The lowest BCUT2D eigenvalue weighted by Crippen LogP contribution is -2.45. The highest BCUT2D eigenvalue weighted by Crippen LogP contribution is 2.12. The minimum atomic E-state index is 0.175. The van der Waals surface area contributed by atoms with Gasteiger partial charge in [0.2, 0.25) is 5.91 Å². The molecule has 3 heteroatoms. The van der Waals surface area contributed by atoms with Gasteiger partial charge in [0, 0.05) is 19.0 Å². The van der Waals surface area contributed by atoms with E-state index in [0.717, 1.165) is 32.4 Å². The highest BCUT2D eigenvalue weighted by atomic mass is 16.1. The van der Waals surface area contributed by atoms with Crippen molar-refractivity contribution in [2.45, 2.75) is 45.6 Å². The molecular weight excluding hydrogens is 236 g/mol. The second-order valence-corrected chi connectivity index (χ2v) is 5.54. The van der Waals surface area contributed by atoms with Crippen molar-refractivity contribution in [1.29, 1.82) is 0 Å². The summed E-state index contributed by atoms with van der Waals surface area (Å²) in [5.74, 6) is 0.175. The molecule has 0 aromatic heterocycles. The molecule has 19 heavy (non-hydrogen) atoms. The lowest BCUT2D eigenvalue weighted by molar-refractivity contribution is -0.121. The third-order valence-electron chi connectivity index (χ3n) is 3.78. The first-order chi connectivity index (χ1) is 9.15. The molecular formula is C16H24N2O. The number of hydrogen-bond acceptors (Lipinski definition) is 2. The Balaban J connectivity index is 1.79. The molecule has 1 aliphatic heterocycles. The van der Waals surface area contributed by atoms with E-state index in [9.17, 15) is 4.79 Å². The fraction of sp³-hybridized carbons (Fsp3) is 0.562. The summed E-state index contributed by atoms with van der Waals surface area (Å²) in [6.07, 6.45) is 3.67. The zero-order valence-electron chi connectivity index (χ0n) is 12.0. The summed E-state index contributed by atoms with van der Waals surface area (Å²) in [6, 6.07) is 6.75. The first kappa shape index (κ1) is 14.1. The molecule has 0 radical (unpaired) electrons. The van der Waals surface area contributed by atoms with Crippen LogP contribution in [0.1, 0.15) is 36.0 Å². The number of piperidine rings is 1. The van der Waals surface area contributed by atoms with Gasteiger partial charge < -0.3 is 10.6 Å². The molecule has 1 amide bonds. The van der Waals surface area contributed by atoms with E-state index >= 15 is 0 Å². The molecule has 2 rings (SSSR count). The van der Waals surface area contributed by atoms with Crippen molar-refractivity contribution in [1.82, 2.24) is 10.6 Å². The summed E-state index contributed by atoms with van der Waals surface area (Å²) in [7, 11) is 0. The van der Waals surface area contributed by atoms with E-state index in [2.05, 4.69) is 42.7 Å². The van der Waals surface area contributed by atoms with E-state index in [1.54, 1.807) is 0 Å². The summed E-state index contributed by atoms with van der Waals surface area (Å²) >= 11 is 0. The molecule has 0 aliphatic carbocycles. The van der Waals surface area contributed by atoms with Crippen molar-refractivity contribution in [3.05, 3.63) is 34.9 Å². The molecule has 1 atom stereocenters. The smallest absolute Gasteiger partial charge is 0.220 e. The Hall–Kier alpha value is -1.35. The summed E-state index contributed by atoms with van der Waals surface area (Å²) < 4.78 is 0. The minimum Gasteiger partial charge on any atom is -0.352 e. The van der Waals surface area contributed by atoms with Gasteiger partial charge in [0.25, 0.3) is 0 Å². The van der Waals surface area contributed by atoms with Gasteiger partial charge in [0.15, 0.2) is 0 Å². The molecule has 1 aromatic rings. The zero-order chi connectivity index (χ0) is 13.7. The van der Waals surface area contributed by atoms with Gasteiger partial charge in [-0.15, -0.1) is 0 Å². The fourth-order valence-corrected chi connectivity index (χ4v) is 2.65. The van der Waals surface area contributed by atoms with E-state index in [-0.39, 0.29) is 5.91 Å². The summed E-state index contributed by atoms with van der Waals surface area (Å²) in [4.78, 5) is 11.9. The van der Waals surface area contributed by atoms with Crippen molar-refractivity contribution in [2.24, 2.45) is 0 Å². The van der Waals surface area contributed by atoms with E-state index in [4.69, 9.17) is 0 Å². The largest absolute Gasteiger partial charge is 0.352 e. The molecule has 2 N–H and O–H groups in total. The fourth-order valence-electron chi connectivity index (χ4n) is 2.65. The predicted octanol–water partition coefficient (Wildman–Crippen LogP) is 2.10. The number of aryl methyl sites for hydroxylation is 3. The Labute approximate surface area is 115 Å². The summed E-state index contributed by atoms with van der Waals surface area (Å²) in [5.41, 5.74) is 3.84. The van der Waals surface area contributed by atoms with Crippen molar-refractivity contribution in [2.75, 3.05) is 13.1 Å². The topological polar surface area (TPSA) is 41.1 Å². The van der Waals surface area contributed by atoms with Crippen LogP contribution in [0, 0.1) is 13.8 Å². The summed E-state index contributed by atoms with van der Waals surface area (Å²) in [5, 5.41) is 6.43. The van der Waals surface area contributed by atoms with Crippen LogP contribution in [0.4, 0.5) is 0 Å². The van der Waals surface area contributed by atoms with Crippen LogP contribution in [0.25, 0.3) is 0 Å². The number of carbonyl (C=O) groups is 1. The maximum atomic E-state index is 11.9. The van der Waals surface area contributed by atoms with Gasteiger partial charge in [-0.3, -0.25) is 4.79 Å². The SMILES string of the molecule is Cc1ccc(CCC(=O)NC2CCCNC2)c(C)c1. The molecule has 1 unspecified atom stereocenters. The van der Waals surface area contributed by atoms with Crippen LogP contribution in [0.3, 0.4) is 0 Å². The maximum Gasteiger partial charge on any atom is 0.220 e. The third-order valence-corrected chi connectivity index (χ3v) is 3.78. The van der Waals surface area contributed by atoms with Crippen molar-refractivity contribution in [3.8, 4) is 0 Å². The van der Waals surface area contributed by atoms with E-state index in [1.165, 1.54) is 16.7 Å². The predicted molar refractivity (Wildman–Crippen MR) is 78.3 cm³/mol. The van der Waals surface area contributed by atoms with Crippen molar-refractivity contribution < 1.29 is 4.79 Å². The Morgan fingerprint density at radius 2 is 2.26 bits per heavy atom. The van der Waals surface area contributed by atoms with Crippen LogP contribution in [-0.4, -0.2) is 25.0 Å². The zero-order valence-corrected chi connectivity index (χ0v) is 12.0. The van der Waals surface area contributed by atoms with Gasteiger partial charge in [-0.2, -0.15) is 0 Å². The Bertz CT molecular complexity index is 436. The van der Waals surface area contributed by atoms with Gasteiger partial charge in [-0.1, -0.05) is 23.8 Å². The van der Waals surface area contributed by atoms with E-state index < -0.39 is 0 Å². The van der Waals surface area contributed by atoms with Gasteiger partial charge in [0.1, 0.15) is 0 Å². The third kappa shape index (κ3) is 4.35. The van der Waals surface area contributed by atoms with Gasteiger partial charge in [0.05, 0.1) is 0 Å². The molecule has 1 heterocycles. The standard InChI is InChI=1S/C16H24N2O/c1-12-5-6-14(13(2)10-12)7-8-16(19)18-15-4-3-9-17-11-15/h5-6,10,15,17H,3-4,7-9,11H2,1-2H3,(H,18,19). The number of hydrogen-bond donors (Lipinski definition) is 2. The van der Waals surface area contributed by atoms with Crippen LogP contribution >= 0.6 is 0 Å². The van der Waals surface area contributed by atoms with Crippen LogP contribution in [0.5, 0.6) is 0 Å². The van der Waals surface area contributed by atoms with Crippen LogP contribution in [-0.2, 0) is 11.2 Å². The Morgan fingerprint density at radius 1 is 1.42 bits per heavy atom. The monoisotopic (exact) mass is 260 g/mol. The highest BCUT2D eigenvalue weighted by Gasteiger charge is 2.15. The average molecular weight is 260 g/mol. The summed E-state index contributed by atoms with van der Waals surface area (Å²) in [6.45, 7) is 6.20. The highest BCUT2D eigenvalue weighted by molar-refractivity contribution is 5.76. The second-order valence-electron chi connectivity index (χ2n) is 5.54. The number of benzene rings is 1. The van der Waals surface area contributed by atoms with E-state index in [0.29, 0.717) is 12.5 Å². The van der Waals surface area contributed by atoms with Gasteiger partial charge in [-0.05, 0) is 50.8 Å². The molecule has 3 nitrogen and oxygen atoms in total. The lowest BCUT2D eigenvalue weighted by Gasteiger charge is -2.23. The maximum absolute atomic E-state index is 11.9. The first-order valence-electron chi connectivity index (χ1n) is 7.21. The molecule has 0 saturated carbocycles. The van der Waals surface area contributed by atoms with E-state index in [1.807, 2.05) is 0 Å². The number of amides is 1. The Kier molecular flexibility index (Phi) is 4.97. The lowest BCUT2D eigenvalue weighted by atomic mass is 10.0. The average Bonchev–Trinajstić information content (AvgIpc) is 2.39. The van der Waals surface area contributed by atoms with Crippen molar-refractivity contribution >= 4 is 5.91 Å². The molecule has 1 fully saturated rings. The molecule has 0 bridgehead atoms. The minimum absolute atomic E-state index is 0.175. The second kappa shape index (κ2) is 6.71. The van der Waals surface area contributed by atoms with Gasteiger partial charge in [-0.25, -0.2) is 0 Å². The molecule has 1 aliphatic rings. The molecule has 1 saturated heterocycles. The van der Waals surface area contributed by atoms with Crippen LogP contribution in [0.15, 0.2) is 18.2 Å². The quantitative estimate of drug-likeness (QED) is 0.870. The molecule has 104 valence electrons. The number of nitrogens with one attached hydrogen (secondary N) is 2. The van der Waals surface area contributed by atoms with Crippen LogP contribution < -0.4 is 10.6 Å². The molecule has 0 spiro atoms. The first-order valence-corrected chi connectivity index (χ1v) is 7.21. The normalized spacial score (nSPS) is 19.2. The Morgan fingerprint density at radius 3 is 2.95 bits per heavy atom. The number of carbonyl (C=O) groups excluding carboxylic acids is 1. The van der Waals surface area contributed by atoms with Crippen LogP contribution in [0.2, 0.25) is 0 Å². The number of rotatable bonds is 4.